The second kappa shape index (κ2) is 11.1. The molecule has 0 spiro atoms. The van der Waals surface area contributed by atoms with Gasteiger partial charge in [-0.1, -0.05) is 79.7 Å². The molecule has 43 heavy (non-hydrogen) atoms. The Morgan fingerprint density at radius 1 is 0.930 bits per heavy atom. The minimum Gasteiger partial charge on any atom is -0.325 e. The van der Waals surface area contributed by atoms with Crippen molar-refractivity contribution in [1.82, 2.24) is 4.57 Å². The number of carbonyl (C=O) groups excluding carboxylic acids is 3. The lowest BCUT2D eigenvalue weighted by atomic mass is 9.81. The Bertz CT molecular complexity index is 1790. The second-order valence-electron chi connectivity index (χ2n) is 11.6. The number of rotatable bonds is 5. The molecule has 2 aliphatic rings. The maximum absolute atomic E-state index is 14.0. The Labute approximate surface area is 260 Å². The summed E-state index contributed by atoms with van der Waals surface area (Å²) in [5, 5.41) is 2.87. The van der Waals surface area contributed by atoms with Crippen molar-refractivity contribution >= 4 is 63.8 Å². The van der Waals surface area contributed by atoms with E-state index in [0.717, 1.165) is 34.2 Å². The first-order valence-corrected chi connectivity index (χ1v) is 15.7. The summed E-state index contributed by atoms with van der Waals surface area (Å²) in [4.78, 5) is 55.7. The van der Waals surface area contributed by atoms with Gasteiger partial charge in [0.1, 0.15) is 17.6 Å². The van der Waals surface area contributed by atoms with E-state index in [-0.39, 0.29) is 28.6 Å². The molecule has 1 aromatic heterocycles. The van der Waals surface area contributed by atoms with E-state index in [0.29, 0.717) is 26.3 Å². The number of amides is 3. The highest BCUT2D eigenvalue weighted by Gasteiger charge is 2.56. The SMILES string of the molecule is CC(C)(C)c1ccc([C@@H]2c3sc(=O)n(CC(=O)Nc4ccc(F)cc4)c3S[C@H]3C(=O)N(c4ccc(Cl)cc4)C(=O)[C@@H]23)cc1. The van der Waals surface area contributed by atoms with Crippen molar-refractivity contribution < 1.29 is 18.8 Å². The molecule has 4 aromatic rings. The zero-order valence-electron chi connectivity index (χ0n) is 23.5. The Balaban J connectivity index is 1.41. The van der Waals surface area contributed by atoms with Gasteiger partial charge in [0.05, 0.1) is 16.6 Å². The van der Waals surface area contributed by atoms with Crippen LogP contribution >= 0.6 is 34.7 Å². The fourth-order valence-corrected chi connectivity index (χ4v) is 8.43. The van der Waals surface area contributed by atoms with Gasteiger partial charge in [-0.25, -0.2) is 9.29 Å². The van der Waals surface area contributed by atoms with Crippen molar-refractivity contribution in [2.24, 2.45) is 5.92 Å². The molecule has 1 saturated heterocycles. The summed E-state index contributed by atoms with van der Waals surface area (Å²) in [6.45, 7) is 6.03. The molecule has 11 heteroatoms. The average Bonchev–Trinajstić information content (AvgIpc) is 3.40. The van der Waals surface area contributed by atoms with Crippen LogP contribution in [0.1, 0.15) is 42.7 Å². The van der Waals surface area contributed by atoms with Crippen LogP contribution in [0.5, 0.6) is 0 Å². The summed E-state index contributed by atoms with van der Waals surface area (Å²) in [6, 6.07) is 19.8. The van der Waals surface area contributed by atoms with Gasteiger partial charge in [0.15, 0.2) is 0 Å². The van der Waals surface area contributed by atoms with Crippen LogP contribution in [0.25, 0.3) is 0 Å². The number of thiazole rings is 1. The molecular formula is C32H27ClFN3O4S2. The summed E-state index contributed by atoms with van der Waals surface area (Å²) >= 11 is 8.20. The average molecular weight is 636 g/mol. The molecule has 1 N–H and O–H groups in total. The van der Waals surface area contributed by atoms with Crippen molar-refractivity contribution in [3.05, 3.63) is 109 Å². The summed E-state index contributed by atoms with van der Waals surface area (Å²) in [7, 11) is 0. The third kappa shape index (κ3) is 5.43. The molecule has 3 heterocycles. The zero-order valence-corrected chi connectivity index (χ0v) is 25.9. The van der Waals surface area contributed by atoms with Crippen LogP contribution in [0.15, 0.2) is 82.6 Å². The van der Waals surface area contributed by atoms with Gasteiger partial charge < -0.3 is 5.32 Å². The van der Waals surface area contributed by atoms with Crippen LogP contribution < -0.4 is 15.1 Å². The monoisotopic (exact) mass is 635 g/mol. The smallest absolute Gasteiger partial charge is 0.308 e. The first kappa shape index (κ1) is 29.3. The van der Waals surface area contributed by atoms with E-state index >= 15 is 0 Å². The maximum atomic E-state index is 14.0. The summed E-state index contributed by atoms with van der Waals surface area (Å²) in [5.74, 6) is -2.95. The van der Waals surface area contributed by atoms with E-state index in [2.05, 4.69) is 26.1 Å². The first-order chi connectivity index (χ1) is 20.4. The molecule has 0 unspecified atom stereocenters. The van der Waals surface area contributed by atoms with Gasteiger partial charge >= 0.3 is 4.87 Å². The Morgan fingerprint density at radius 3 is 2.21 bits per heavy atom. The highest BCUT2D eigenvalue weighted by molar-refractivity contribution is 8.00. The van der Waals surface area contributed by atoms with Gasteiger partial charge in [0, 0.05) is 21.5 Å². The molecule has 3 amide bonds. The molecule has 7 nitrogen and oxygen atoms in total. The van der Waals surface area contributed by atoms with E-state index in [1.54, 1.807) is 24.3 Å². The van der Waals surface area contributed by atoms with Gasteiger partial charge in [0.25, 0.3) is 0 Å². The lowest BCUT2D eigenvalue weighted by molar-refractivity contribution is -0.122. The quantitative estimate of drug-likeness (QED) is 0.255. The second-order valence-corrected chi connectivity index (χ2v) is 14.1. The first-order valence-electron chi connectivity index (χ1n) is 13.6. The number of benzene rings is 3. The van der Waals surface area contributed by atoms with Crippen molar-refractivity contribution in [3.63, 3.8) is 0 Å². The molecule has 6 rings (SSSR count). The van der Waals surface area contributed by atoms with E-state index in [1.165, 1.54) is 33.7 Å². The number of carbonyl (C=O) groups is 3. The molecule has 2 aliphatic heterocycles. The number of hydrogen-bond acceptors (Lipinski definition) is 6. The molecule has 220 valence electrons. The van der Waals surface area contributed by atoms with Crippen molar-refractivity contribution in [3.8, 4) is 0 Å². The van der Waals surface area contributed by atoms with Crippen LogP contribution in [0.4, 0.5) is 15.8 Å². The van der Waals surface area contributed by atoms with Crippen molar-refractivity contribution in [2.75, 3.05) is 10.2 Å². The van der Waals surface area contributed by atoms with Crippen LogP contribution in [0, 0.1) is 11.7 Å². The van der Waals surface area contributed by atoms with Crippen LogP contribution in [-0.4, -0.2) is 27.5 Å². The summed E-state index contributed by atoms with van der Waals surface area (Å²) in [6.07, 6.45) is 0. The molecule has 1 fully saturated rings. The van der Waals surface area contributed by atoms with E-state index in [9.17, 15) is 23.6 Å². The maximum Gasteiger partial charge on any atom is 0.308 e. The number of halogens is 2. The predicted molar refractivity (Wildman–Crippen MR) is 168 cm³/mol. The number of thioether (sulfide) groups is 1. The summed E-state index contributed by atoms with van der Waals surface area (Å²) < 4.78 is 14.7. The van der Waals surface area contributed by atoms with E-state index in [1.807, 2.05) is 24.3 Å². The molecule has 3 aromatic carbocycles. The lowest BCUT2D eigenvalue weighted by Gasteiger charge is -2.31. The Morgan fingerprint density at radius 2 is 1.58 bits per heavy atom. The molecular weight excluding hydrogens is 609 g/mol. The Kier molecular flexibility index (Phi) is 7.56. The van der Waals surface area contributed by atoms with Crippen molar-refractivity contribution in [1.29, 1.82) is 0 Å². The third-order valence-corrected chi connectivity index (χ3v) is 10.6. The fraction of sp³-hybridized carbons (Fsp3) is 0.250. The van der Waals surface area contributed by atoms with Gasteiger partial charge in [0.2, 0.25) is 17.7 Å². The minimum atomic E-state index is -0.802. The van der Waals surface area contributed by atoms with Gasteiger partial charge in [-0.05, 0) is 65.1 Å². The molecule has 3 atom stereocenters. The van der Waals surface area contributed by atoms with E-state index < -0.39 is 28.8 Å². The number of nitrogens with one attached hydrogen (secondary N) is 1. The lowest BCUT2D eigenvalue weighted by Crippen LogP contribution is -2.33. The molecule has 0 aliphatic carbocycles. The normalized spacial score (nSPS) is 19.7. The van der Waals surface area contributed by atoms with Crippen LogP contribution in [-0.2, 0) is 26.3 Å². The van der Waals surface area contributed by atoms with Gasteiger partial charge in [-0.3, -0.25) is 23.7 Å². The van der Waals surface area contributed by atoms with Gasteiger partial charge in [-0.2, -0.15) is 0 Å². The van der Waals surface area contributed by atoms with Crippen molar-refractivity contribution in [2.45, 2.75) is 48.9 Å². The number of imide groups is 1. The van der Waals surface area contributed by atoms with Crippen LogP contribution in [0.2, 0.25) is 5.02 Å². The molecule has 0 saturated carbocycles. The van der Waals surface area contributed by atoms with Crippen LogP contribution in [0.3, 0.4) is 0 Å². The highest BCUT2D eigenvalue weighted by Crippen LogP contribution is 2.54. The number of aromatic nitrogens is 1. The number of nitrogens with zero attached hydrogens (tertiary/aromatic N) is 2. The third-order valence-electron chi connectivity index (χ3n) is 7.70. The highest BCUT2D eigenvalue weighted by atomic mass is 35.5. The zero-order chi connectivity index (χ0) is 30.6. The predicted octanol–water partition coefficient (Wildman–Crippen LogP) is 6.43. The molecule has 0 bridgehead atoms. The topological polar surface area (TPSA) is 88.5 Å². The number of hydrogen-bond donors (Lipinski definition) is 1. The van der Waals surface area contributed by atoms with E-state index in [4.69, 9.17) is 11.6 Å². The number of anilines is 2. The fourth-order valence-electron chi connectivity index (χ4n) is 5.53. The Hall–Kier alpha value is -3.73. The van der Waals surface area contributed by atoms with Gasteiger partial charge in [-0.15, -0.1) is 0 Å². The largest absolute Gasteiger partial charge is 0.325 e. The minimum absolute atomic E-state index is 0.0921. The summed E-state index contributed by atoms with van der Waals surface area (Å²) in [5.41, 5.74) is 2.65. The standard InChI is InChI=1S/C32H27ClFN3O4S2/c1-32(2,3)18-6-4-17(5-7-18)24-25-26(29(40)37(28(25)39)22-14-8-19(33)9-15-22)42-30-27(24)43-31(41)36(30)16-23(38)35-21-12-10-20(34)11-13-21/h4-15,24-26H,16H2,1-3H3,(H,35,38)/t24-,25-,26+/m0/s1. The number of fused-ring (bicyclic) bond motifs is 2. The molecule has 0 radical (unpaired) electrons.